The molecule has 0 heterocycles. The van der Waals surface area contributed by atoms with Crippen molar-refractivity contribution >= 4 is 59.0 Å². The molecule has 0 N–H and O–H groups in total. The molecule has 74 valence electrons. The van der Waals surface area contributed by atoms with Crippen molar-refractivity contribution in [3.05, 3.63) is 0 Å². The van der Waals surface area contributed by atoms with Gasteiger partial charge in [-0.05, 0) is 13.3 Å². The zero-order chi connectivity index (χ0) is 9.83. The third kappa shape index (κ3) is 11.9. The molecule has 2 nitrogen and oxygen atoms in total. The summed E-state index contributed by atoms with van der Waals surface area (Å²) in [5.74, 6) is 0. The smallest absolute Gasteiger partial charge is 0.113 e. The van der Waals surface area contributed by atoms with Gasteiger partial charge in [-0.3, -0.25) is 0 Å². The minimum absolute atomic E-state index is 0.448. The van der Waals surface area contributed by atoms with Crippen LogP contribution in [0.4, 0.5) is 0 Å². The van der Waals surface area contributed by atoms with Gasteiger partial charge in [-0.15, -0.1) is 24.5 Å². The molecule has 2 unspecified atom stereocenters. The predicted octanol–water partition coefficient (Wildman–Crippen LogP) is 2.76. The lowest BCUT2D eigenvalue weighted by Gasteiger charge is -2.13. The maximum atomic E-state index is 5.23. The fourth-order valence-corrected chi connectivity index (χ4v) is 2.18. The Morgan fingerprint density at radius 3 is 1.42 bits per heavy atom. The lowest BCUT2D eigenvalue weighted by atomic mass is 10.8. The molecule has 0 fully saturated rings. The molecule has 0 radical (unpaired) electrons. The van der Waals surface area contributed by atoms with Crippen molar-refractivity contribution in [3.8, 4) is 0 Å². The highest BCUT2D eigenvalue weighted by Gasteiger charge is 2.05. The molecule has 0 aliphatic heterocycles. The molecule has 0 saturated carbocycles. The molecular weight excluding hydrogens is 270 g/mol. The Labute approximate surface area is 94.3 Å². The first-order valence-electron chi connectivity index (χ1n) is 3.10. The molecule has 2 atom stereocenters. The van der Waals surface area contributed by atoms with E-state index in [0.29, 0.717) is 13.2 Å². The molecular formula is C4H12O2P2S4. The average Bonchev–Trinajstić information content (AvgIpc) is 1.76. The summed E-state index contributed by atoms with van der Waals surface area (Å²) in [7, 11) is 0. The van der Waals surface area contributed by atoms with Crippen LogP contribution in [0.15, 0.2) is 0 Å². The van der Waals surface area contributed by atoms with Crippen LogP contribution in [0.2, 0.25) is 0 Å². The Bertz CT molecular complexity index is 195. The van der Waals surface area contributed by atoms with Gasteiger partial charge in [0.15, 0.2) is 0 Å². The van der Waals surface area contributed by atoms with Gasteiger partial charge in [0.1, 0.15) is 10.9 Å². The lowest BCUT2D eigenvalue weighted by Crippen LogP contribution is -1.97. The van der Waals surface area contributed by atoms with E-state index in [9.17, 15) is 0 Å². The van der Waals surface area contributed by atoms with E-state index in [1.54, 1.807) is 13.3 Å². The van der Waals surface area contributed by atoms with Gasteiger partial charge < -0.3 is 9.05 Å². The van der Waals surface area contributed by atoms with Crippen LogP contribution in [-0.4, -0.2) is 26.5 Å². The van der Waals surface area contributed by atoms with Gasteiger partial charge in [0.05, 0.1) is 13.2 Å². The monoisotopic (exact) mass is 282 g/mol. The number of hydrogen-bond acceptors (Lipinski definition) is 4. The van der Waals surface area contributed by atoms with Gasteiger partial charge in [0, 0.05) is 0 Å². The lowest BCUT2D eigenvalue weighted by molar-refractivity contribution is 0.254. The Balaban J connectivity index is 3.48. The van der Waals surface area contributed by atoms with E-state index >= 15 is 0 Å². The second-order valence-electron chi connectivity index (χ2n) is 2.27. The minimum atomic E-state index is -1.85. The van der Waals surface area contributed by atoms with Gasteiger partial charge in [-0.25, -0.2) is 0 Å². The summed E-state index contributed by atoms with van der Waals surface area (Å²) < 4.78 is 10.5. The molecule has 0 aliphatic rings. The van der Waals surface area contributed by atoms with Gasteiger partial charge in [-0.2, -0.15) is 0 Å². The summed E-state index contributed by atoms with van der Waals surface area (Å²) in [5.41, 5.74) is -3.69. The first-order valence-corrected chi connectivity index (χ1v) is 11.7. The first-order chi connectivity index (χ1) is 5.21. The van der Waals surface area contributed by atoms with Crippen molar-refractivity contribution in [3.63, 3.8) is 0 Å². The first kappa shape index (κ1) is 13.9. The summed E-state index contributed by atoms with van der Waals surface area (Å²) in [6, 6.07) is 0. The van der Waals surface area contributed by atoms with E-state index in [1.165, 1.54) is 0 Å². The minimum Gasteiger partial charge on any atom is -0.339 e. The molecule has 0 amide bonds. The van der Waals surface area contributed by atoms with Crippen LogP contribution in [0.3, 0.4) is 0 Å². The molecule has 0 aromatic heterocycles. The topological polar surface area (TPSA) is 18.5 Å². The molecule has 0 bridgehead atoms. The van der Waals surface area contributed by atoms with Crippen LogP contribution < -0.4 is 0 Å². The zero-order valence-corrected chi connectivity index (χ0v) is 12.0. The maximum Gasteiger partial charge on any atom is 0.113 e. The van der Waals surface area contributed by atoms with Crippen LogP contribution >= 0.6 is 35.4 Å². The van der Waals surface area contributed by atoms with Gasteiger partial charge >= 0.3 is 0 Å². The highest BCUT2D eigenvalue weighted by molar-refractivity contribution is 8.61. The van der Waals surface area contributed by atoms with Gasteiger partial charge in [0.2, 0.25) is 0 Å². The molecule has 0 rings (SSSR count). The predicted molar refractivity (Wildman–Crippen MR) is 70.3 cm³/mol. The second kappa shape index (κ2) is 5.72. The van der Waals surface area contributed by atoms with E-state index in [2.05, 4.69) is 24.5 Å². The highest BCUT2D eigenvalue weighted by atomic mass is 32.9. The summed E-state index contributed by atoms with van der Waals surface area (Å²) in [4.78, 5) is 0. The summed E-state index contributed by atoms with van der Waals surface area (Å²) in [6.07, 6.45) is 0. The van der Waals surface area contributed by atoms with E-state index in [4.69, 9.17) is 32.7 Å². The van der Waals surface area contributed by atoms with Crippen LogP contribution in [0.1, 0.15) is 0 Å². The van der Waals surface area contributed by atoms with Gasteiger partial charge in [0.25, 0.3) is 0 Å². The fraction of sp³-hybridized carbons (Fsp3) is 1.00. The summed E-state index contributed by atoms with van der Waals surface area (Å²) in [6.45, 7) is 4.50. The second-order valence-corrected chi connectivity index (χ2v) is 16.4. The molecule has 0 spiro atoms. The van der Waals surface area contributed by atoms with Crippen LogP contribution in [0, 0.1) is 0 Å². The van der Waals surface area contributed by atoms with Crippen LogP contribution in [-0.2, 0) is 32.7 Å². The SMILES string of the molecule is CP(=S)(S)OCCOP(C)(=S)S. The van der Waals surface area contributed by atoms with Crippen LogP contribution in [0.5, 0.6) is 0 Å². The van der Waals surface area contributed by atoms with Crippen molar-refractivity contribution in [1.82, 2.24) is 0 Å². The number of rotatable bonds is 5. The normalized spacial score (nSPS) is 21.3. The van der Waals surface area contributed by atoms with Crippen LogP contribution in [0.25, 0.3) is 0 Å². The molecule has 0 aromatic carbocycles. The highest BCUT2D eigenvalue weighted by Crippen LogP contribution is 2.49. The maximum absolute atomic E-state index is 5.23. The van der Waals surface area contributed by atoms with E-state index in [0.717, 1.165) is 0 Å². The number of hydrogen-bond donors (Lipinski definition) is 2. The molecule has 0 aromatic rings. The quantitative estimate of drug-likeness (QED) is 0.458. The van der Waals surface area contributed by atoms with Crippen molar-refractivity contribution in [2.24, 2.45) is 0 Å². The van der Waals surface area contributed by atoms with E-state index < -0.39 is 10.9 Å². The molecule has 0 saturated heterocycles. The fourth-order valence-electron chi connectivity index (χ4n) is 0.413. The Morgan fingerprint density at radius 2 is 1.25 bits per heavy atom. The largest absolute Gasteiger partial charge is 0.339 e. The average molecular weight is 282 g/mol. The Morgan fingerprint density at radius 1 is 1.00 bits per heavy atom. The molecule has 0 aliphatic carbocycles. The van der Waals surface area contributed by atoms with Crippen molar-refractivity contribution in [2.45, 2.75) is 0 Å². The Kier molecular flexibility index (Phi) is 6.63. The van der Waals surface area contributed by atoms with E-state index in [-0.39, 0.29) is 0 Å². The number of thiol groups is 2. The molecule has 12 heavy (non-hydrogen) atoms. The van der Waals surface area contributed by atoms with Crippen molar-refractivity contribution in [2.75, 3.05) is 26.5 Å². The van der Waals surface area contributed by atoms with Crippen molar-refractivity contribution in [1.29, 1.82) is 0 Å². The zero-order valence-electron chi connectivity index (χ0n) is 6.84. The van der Waals surface area contributed by atoms with Crippen molar-refractivity contribution < 1.29 is 9.05 Å². The summed E-state index contributed by atoms with van der Waals surface area (Å²) >= 11 is 18.1. The van der Waals surface area contributed by atoms with E-state index in [1.807, 2.05) is 0 Å². The van der Waals surface area contributed by atoms with Gasteiger partial charge in [-0.1, -0.05) is 23.6 Å². The summed E-state index contributed by atoms with van der Waals surface area (Å²) in [5, 5.41) is 0. The standard InChI is InChI=1S/C4H12O2P2S4/c1-7(9,10)5-3-4-6-8(2,11)12/h3-4H2,1-2H3,(H,9,10)(H,11,12). The third-order valence-corrected chi connectivity index (χ3v) is 3.39. The third-order valence-electron chi connectivity index (χ3n) is 0.745. The molecule has 8 heteroatoms. The Hall–Kier alpha value is 1.92.